The quantitative estimate of drug-likeness (QED) is 0.494. The van der Waals surface area contributed by atoms with Crippen LogP contribution in [0.2, 0.25) is 0 Å². The van der Waals surface area contributed by atoms with E-state index in [4.69, 9.17) is 5.73 Å². The van der Waals surface area contributed by atoms with Crippen LogP contribution in [0, 0.1) is 0 Å². The lowest BCUT2D eigenvalue weighted by Crippen LogP contribution is -2.38. The van der Waals surface area contributed by atoms with Crippen molar-refractivity contribution in [1.29, 1.82) is 0 Å². The number of halogens is 1. The molecule has 0 aromatic heterocycles. The number of rotatable bonds is 2. The Morgan fingerprint density at radius 3 is 2.50 bits per heavy atom. The van der Waals surface area contributed by atoms with Crippen molar-refractivity contribution in [3.63, 3.8) is 0 Å². The third-order valence-corrected chi connectivity index (χ3v) is 2.23. The van der Waals surface area contributed by atoms with Crippen LogP contribution in [0.5, 0.6) is 0 Å². The summed E-state index contributed by atoms with van der Waals surface area (Å²) in [5, 5.41) is 0. The zero-order valence-electron chi connectivity index (χ0n) is 7.68. The molecule has 12 heavy (non-hydrogen) atoms. The maximum absolute atomic E-state index is 13.3. The summed E-state index contributed by atoms with van der Waals surface area (Å²) in [5.74, 6) is 0.402. The Kier molecular flexibility index (Phi) is 2.55. The topological polar surface area (TPSA) is 41.6 Å². The fourth-order valence-corrected chi connectivity index (χ4v) is 1.08. The van der Waals surface area contributed by atoms with E-state index < -0.39 is 5.67 Å². The van der Waals surface area contributed by atoms with E-state index in [0.29, 0.717) is 18.8 Å². The number of nitrogens with zero attached hydrogens (tertiary/aromatic N) is 2. The number of nitrogens with two attached hydrogens (primary N) is 1. The van der Waals surface area contributed by atoms with Crippen molar-refractivity contribution in [2.45, 2.75) is 24.9 Å². The second kappa shape index (κ2) is 3.29. The van der Waals surface area contributed by atoms with Crippen molar-refractivity contribution in [2.24, 2.45) is 10.7 Å². The fraction of sp³-hybridized carbons (Fsp3) is 0.875. The third kappa shape index (κ3) is 2.09. The van der Waals surface area contributed by atoms with Gasteiger partial charge >= 0.3 is 0 Å². The van der Waals surface area contributed by atoms with Crippen molar-refractivity contribution in [1.82, 2.24) is 4.90 Å². The molecule has 3 nitrogen and oxygen atoms in total. The number of alkyl halides is 1. The molecular formula is C8H16FN3. The number of guanidine groups is 1. The van der Waals surface area contributed by atoms with Gasteiger partial charge in [0.05, 0.1) is 6.54 Å². The van der Waals surface area contributed by atoms with Gasteiger partial charge in [-0.1, -0.05) is 0 Å². The van der Waals surface area contributed by atoms with Gasteiger partial charge in [-0.05, 0) is 19.3 Å². The van der Waals surface area contributed by atoms with Crippen molar-refractivity contribution < 1.29 is 4.39 Å². The zero-order chi connectivity index (χ0) is 9.19. The largest absolute Gasteiger partial charge is 0.370 e. The number of aliphatic imine (C=N–C) groups is 1. The lowest BCUT2D eigenvalue weighted by molar-refractivity contribution is 0.0739. The first-order valence-corrected chi connectivity index (χ1v) is 4.20. The second-order valence-corrected chi connectivity index (χ2v) is 3.57. The zero-order valence-corrected chi connectivity index (χ0v) is 7.68. The van der Waals surface area contributed by atoms with Crippen LogP contribution in [0.4, 0.5) is 4.39 Å². The van der Waals surface area contributed by atoms with Crippen LogP contribution < -0.4 is 5.73 Å². The Morgan fingerprint density at radius 2 is 2.17 bits per heavy atom. The fourth-order valence-electron chi connectivity index (χ4n) is 1.08. The average molecular weight is 173 g/mol. The predicted octanol–water partition coefficient (Wildman–Crippen LogP) is 0.755. The molecule has 2 N–H and O–H groups in total. The predicted molar refractivity (Wildman–Crippen MR) is 47.9 cm³/mol. The maximum atomic E-state index is 13.3. The molecule has 1 fully saturated rings. The monoisotopic (exact) mass is 173 g/mol. The van der Waals surface area contributed by atoms with Gasteiger partial charge in [-0.2, -0.15) is 0 Å². The molecule has 1 rings (SSSR count). The highest BCUT2D eigenvalue weighted by Crippen LogP contribution is 2.35. The summed E-state index contributed by atoms with van der Waals surface area (Å²) in [7, 11) is 3.59. The third-order valence-electron chi connectivity index (χ3n) is 2.23. The van der Waals surface area contributed by atoms with Gasteiger partial charge in [0.15, 0.2) is 5.96 Å². The van der Waals surface area contributed by atoms with Crippen LogP contribution >= 0.6 is 0 Å². The van der Waals surface area contributed by atoms with Crippen LogP contribution in [0.25, 0.3) is 0 Å². The SMILES string of the molecule is CN(C)C(N)=NCC1(F)CCC1. The molecular weight excluding hydrogens is 157 g/mol. The molecule has 0 saturated heterocycles. The van der Waals surface area contributed by atoms with Crippen LogP contribution in [0.3, 0.4) is 0 Å². The highest BCUT2D eigenvalue weighted by atomic mass is 19.1. The molecule has 4 heteroatoms. The molecule has 1 saturated carbocycles. The van der Waals surface area contributed by atoms with Gasteiger partial charge < -0.3 is 10.6 Å². The molecule has 0 unspecified atom stereocenters. The van der Waals surface area contributed by atoms with Gasteiger partial charge in [0, 0.05) is 14.1 Å². The molecule has 0 aromatic rings. The lowest BCUT2D eigenvalue weighted by atomic mass is 9.82. The van der Waals surface area contributed by atoms with E-state index in [1.165, 1.54) is 0 Å². The molecule has 1 aliphatic carbocycles. The molecule has 0 heterocycles. The Hall–Kier alpha value is -0.800. The van der Waals surface area contributed by atoms with Crippen LogP contribution in [0.15, 0.2) is 4.99 Å². The van der Waals surface area contributed by atoms with E-state index in [0.717, 1.165) is 6.42 Å². The van der Waals surface area contributed by atoms with Crippen molar-refractivity contribution in [3.05, 3.63) is 0 Å². The Balaban J connectivity index is 2.37. The summed E-state index contributed by atoms with van der Waals surface area (Å²) < 4.78 is 13.3. The van der Waals surface area contributed by atoms with Gasteiger partial charge in [0.1, 0.15) is 5.67 Å². The Morgan fingerprint density at radius 1 is 1.58 bits per heavy atom. The lowest BCUT2D eigenvalue weighted by Gasteiger charge is -2.32. The first-order valence-electron chi connectivity index (χ1n) is 4.20. The van der Waals surface area contributed by atoms with Gasteiger partial charge in [-0.25, -0.2) is 9.38 Å². The highest BCUT2D eigenvalue weighted by molar-refractivity contribution is 5.77. The van der Waals surface area contributed by atoms with E-state index in [2.05, 4.69) is 4.99 Å². The van der Waals surface area contributed by atoms with E-state index in [9.17, 15) is 4.39 Å². The minimum absolute atomic E-state index is 0.219. The van der Waals surface area contributed by atoms with E-state index in [-0.39, 0.29) is 6.54 Å². The molecule has 0 aliphatic heterocycles. The smallest absolute Gasteiger partial charge is 0.190 e. The van der Waals surface area contributed by atoms with E-state index >= 15 is 0 Å². The number of hydrogen-bond acceptors (Lipinski definition) is 1. The molecule has 0 bridgehead atoms. The van der Waals surface area contributed by atoms with E-state index in [1.807, 2.05) is 0 Å². The summed E-state index contributed by atoms with van der Waals surface area (Å²) in [5.41, 5.74) is 4.46. The van der Waals surface area contributed by atoms with Crippen LogP contribution in [-0.2, 0) is 0 Å². The minimum atomic E-state index is -1.05. The second-order valence-electron chi connectivity index (χ2n) is 3.57. The molecule has 0 aromatic carbocycles. The molecule has 0 atom stereocenters. The molecule has 0 amide bonds. The van der Waals surface area contributed by atoms with Crippen molar-refractivity contribution in [3.8, 4) is 0 Å². The normalized spacial score (nSPS) is 21.8. The van der Waals surface area contributed by atoms with Gasteiger partial charge in [-0.15, -0.1) is 0 Å². The van der Waals surface area contributed by atoms with Crippen LogP contribution in [0.1, 0.15) is 19.3 Å². The maximum Gasteiger partial charge on any atom is 0.190 e. The first kappa shape index (κ1) is 9.29. The summed E-state index contributed by atoms with van der Waals surface area (Å²) in [6, 6.07) is 0. The molecule has 70 valence electrons. The van der Waals surface area contributed by atoms with Gasteiger partial charge in [0.2, 0.25) is 0 Å². The van der Waals surface area contributed by atoms with Gasteiger partial charge in [-0.3, -0.25) is 0 Å². The van der Waals surface area contributed by atoms with Gasteiger partial charge in [0.25, 0.3) is 0 Å². The van der Waals surface area contributed by atoms with Crippen LogP contribution in [-0.4, -0.2) is 37.2 Å². The van der Waals surface area contributed by atoms with Crippen molar-refractivity contribution >= 4 is 5.96 Å². The summed E-state index contributed by atoms with van der Waals surface area (Å²) in [4.78, 5) is 5.65. The molecule has 1 aliphatic rings. The highest BCUT2D eigenvalue weighted by Gasteiger charge is 2.36. The molecule has 0 spiro atoms. The standard InChI is InChI=1S/C8H16FN3/c1-12(2)7(10)11-6-8(9)4-3-5-8/h3-6H2,1-2H3,(H2,10,11). The number of hydrogen-bond donors (Lipinski definition) is 1. The molecule has 0 radical (unpaired) electrons. The minimum Gasteiger partial charge on any atom is -0.370 e. The average Bonchev–Trinajstić information content (AvgIpc) is 1.96. The summed E-state index contributed by atoms with van der Waals surface area (Å²) in [6.45, 7) is 0.219. The van der Waals surface area contributed by atoms with E-state index in [1.54, 1.807) is 19.0 Å². The first-order chi connectivity index (χ1) is 5.53. The van der Waals surface area contributed by atoms with Crippen molar-refractivity contribution in [2.75, 3.05) is 20.6 Å². The Bertz CT molecular complexity index is 185. The summed E-state index contributed by atoms with van der Waals surface area (Å²) >= 11 is 0. The summed E-state index contributed by atoms with van der Waals surface area (Å²) in [6.07, 6.45) is 2.25. The Labute approximate surface area is 72.4 Å².